The van der Waals surface area contributed by atoms with Crippen molar-refractivity contribution >= 4 is 9.84 Å². The first kappa shape index (κ1) is 13.9. The smallest absolute Gasteiger partial charge is 0.153 e. The first-order valence-electron chi connectivity index (χ1n) is 5.83. The third-order valence-corrected chi connectivity index (χ3v) is 5.78. The zero-order valence-electron chi connectivity index (χ0n) is 10.7. The van der Waals surface area contributed by atoms with E-state index in [1.165, 1.54) is 6.26 Å². The molecule has 1 heterocycles. The Morgan fingerprint density at radius 2 is 2.00 bits per heavy atom. The summed E-state index contributed by atoms with van der Waals surface area (Å²) in [6.45, 7) is 7.21. The molecule has 1 saturated heterocycles. The number of hydrogen-bond donors (Lipinski definition) is 1. The van der Waals surface area contributed by atoms with E-state index in [2.05, 4.69) is 11.8 Å². The van der Waals surface area contributed by atoms with Crippen molar-refractivity contribution < 1.29 is 8.42 Å². The maximum absolute atomic E-state index is 11.6. The van der Waals surface area contributed by atoms with Gasteiger partial charge in [-0.25, -0.2) is 8.42 Å². The maximum Gasteiger partial charge on any atom is 0.153 e. The molecule has 0 radical (unpaired) electrons. The zero-order valence-corrected chi connectivity index (χ0v) is 11.5. The van der Waals surface area contributed by atoms with Crippen LogP contribution in [0.15, 0.2) is 0 Å². The van der Waals surface area contributed by atoms with Crippen LogP contribution in [0.2, 0.25) is 0 Å². The van der Waals surface area contributed by atoms with Gasteiger partial charge < -0.3 is 5.73 Å². The summed E-state index contributed by atoms with van der Waals surface area (Å²) in [5, 5.41) is 0. The first-order chi connectivity index (χ1) is 7.13. The Morgan fingerprint density at radius 1 is 1.44 bits per heavy atom. The molecule has 0 aromatic rings. The van der Waals surface area contributed by atoms with E-state index in [9.17, 15) is 8.42 Å². The fourth-order valence-corrected chi connectivity index (χ4v) is 2.50. The van der Waals surface area contributed by atoms with Gasteiger partial charge in [0.1, 0.15) is 0 Å². The molecule has 5 heteroatoms. The van der Waals surface area contributed by atoms with Gasteiger partial charge in [0.15, 0.2) is 9.84 Å². The van der Waals surface area contributed by atoms with E-state index in [0.29, 0.717) is 12.6 Å². The largest absolute Gasteiger partial charge is 0.328 e. The van der Waals surface area contributed by atoms with E-state index in [1.54, 1.807) is 13.8 Å². The minimum absolute atomic E-state index is 0.271. The number of nitrogens with two attached hydrogens (primary N) is 1. The Balaban J connectivity index is 2.68. The molecule has 0 saturated carbocycles. The van der Waals surface area contributed by atoms with E-state index >= 15 is 0 Å². The molecule has 16 heavy (non-hydrogen) atoms. The summed E-state index contributed by atoms with van der Waals surface area (Å²) in [4.78, 5) is 2.24. The van der Waals surface area contributed by atoms with Crippen molar-refractivity contribution in [1.82, 2.24) is 4.90 Å². The summed E-state index contributed by atoms with van der Waals surface area (Å²) < 4.78 is 22.6. The van der Waals surface area contributed by atoms with Crippen LogP contribution in [0.1, 0.15) is 33.6 Å². The van der Waals surface area contributed by atoms with Crippen LogP contribution in [0.5, 0.6) is 0 Å². The summed E-state index contributed by atoms with van der Waals surface area (Å²) in [6, 6.07) is 0.650. The van der Waals surface area contributed by atoms with Gasteiger partial charge >= 0.3 is 0 Å². The average molecular weight is 248 g/mol. The van der Waals surface area contributed by atoms with Crippen LogP contribution in [-0.2, 0) is 9.84 Å². The second-order valence-corrected chi connectivity index (χ2v) is 8.29. The van der Waals surface area contributed by atoms with Gasteiger partial charge in [0.05, 0.1) is 4.75 Å². The van der Waals surface area contributed by atoms with E-state index in [4.69, 9.17) is 5.73 Å². The molecule has 1 aliphatic heterocycles. The van der Waals surface area contributed by atoms with Gasteiger partial charge in [0.2, 0.25) is 0 Å². The summed E-state index contributed by atoms with van der Waals surface area (Å²) in [6.07, 6.45) is 3.23. The van der Waals surface area contributed by atoms with Crippen LogP contribution in [0, 0.1) is 0 Å². The van der Waals surface area contributed by atoms with Crippen LogP contribution >= 0.6 is 0 Å². The molecule has 2 atom stereocenters. The molecule has 4 nitrogen and oxygen atoms in total. The second-order valence-electron chi connectivity index (χ2n) is 5.64. The third kappa shape index (κ3) is 3.18. The SMILES string of the molecule is CC1CC(N)CCN1CC(C)(C)S(C)(=O)=O. The van der Waals surface area contributed by atoms with Crippen molar-refractivity contribution in [2.75, 3.05) is 19.3 Å². The highest BCUT2D eigenvalue weighted by Crippen LogP contribution is 2.22. The Labute approximate surface area is 99.1 Å². The van der Waals surface area contributed by atoms with Crippen molar-refractivity contribution in [3.63, 3.8) is 0 Å². The quantitative estimate of drug-likeness (QED) is 0.795. The van der Waals surface area contributed by atoms with Crippen LogP contribution < -0.4 is 5.73 Å². The highest BCUT2D eigenvalue weighted by Gasteiger charge is 2.35. The fourth-order valence-electron chi connectivity index (χ4n) is 2.10. The van der Waals surface area contributed by atoms with Gasteiger partial charge in [0.25, 0.3) is 0 Å². The van der Waals surface area contributed by atoms with E-state index in [1.807, 2.05) is 0 Å². The standard InChI is InChI=1S/C11H24N2O2S/c1-9-7-10(12)5-6-13(9)8-11(2,3)16(4,14)15/h9-10H,5-8,12H2,1-4H3. The number of rotatable bonds is 3. The van der Waals surface area contributed by atoms with Crippen LogP contribution in [-0.4, -0.2) is 49.5 Å². The summed E-state index contributed by atoms with van der Waals surface area (Å²) in [5.74, 6) is 0. The molecule has 1 rings (SSSR count). The molecule has 0 aromatic carbocycles. The maximum atomic E-state index is 11.6. The monoisotopic (exact) mass is 248 g/mol. The van der Waals surface area contributed by atoms with Gasteiger partial charge in [-0.05, 0) is 40.2 Å². The number of sulfone groups is 1. The third-order valence-electron chi connectivity index (χ3n) is 3.64. The Hall–Kier alpha value is -0.130. The summed E-state index contributed by atoms with van der Waals surface area (Å²) in [5.41, 5.74) is 5.89. The average Bonchev–Trinajstić information content (AvgIpc) is 2.08. The number of nitrogens with zero attached hydrogens (tertiary/aromatic N) is 1. The fraction of sp³-hybridized carbons (Fsp3) is 1.00. The molecule has 1 aliphatic rings. The van der Waals surface area contributed by atoms with Gasteiger partial charge in [0, 0.05) is 24.9 Å². The summed E-state index contributed by atoms with van der Waals surface area (Å²) in [7, 11) is -3.01. The van der Waals surface area contributed by atoms with Crippen molar-refractivity contribution in [2.24, 2.45) is 5.73 Å². The lowest BCUT2D eigenvalue weighted by atomic mass is 9.98. The molecule has 0 bridgehead atoms. The molecule has 2 unspecified atom stereocenters. The molecule has 0 aliphatic carbocycles. The predicted molar refractivity (Wildman–Crippen MR) is 67.2 cm³/mol. The van der Waals surface area contributed by atoms with Crippen LogP contribution in [0.4, 0.5) is 0 Å². The first-order valence-corrected chi connectivity index (χ1v) is 7.72. The van der Waals surface area contributed by atoms with Crippen molar-refractivity contribution in [3.05, 3.63) is 0 Å². The highest BCUT2D eigenvalue weighted by atomic mass is 32.2. The molecule has 0 spiro atoms. The predicted octanol–water partition coefficient (Wildman–Crippen LogP) is 0.621. The number of piperidine rings is 1. The number of hydrogen-bond acceptors (Lipinski definition) is 4. The number of likely N-dealkylation sites (tertiary alicyclic amines) is 1. The molecule has 1 fully saturated rings. The van der Waals surface area contributed by atoms with Crippen LogP contribution in [0.25, 0.3) is 0 Å². The van der Waals surface area contributed by atoms with Gasteiger partial charge in [-0.2, -0.15) is 0 Å². The van der Waals surface area contributed by atoms with Gasteiger partial charge in [-0.15, -0.1) is 0 Å². The van der Waals surface area contributed by atoms with Gasteiger partial charge in [-0.3, -0.25) is 4.90 Å². The molecule has 0 aromatic heterocycles. The Bertz CT molecular complexity index is 338. The zero-order chi connectivity index (χ0) is 12.6. The molecular weight excluding hydrogens is 224 g/mol. The minimum Gasteiger partial charge on any atom is -0.328 e. The van der Waals surface area contributed by atoms with Crippen LogP contribution in [0.3, 0.4) is 0 Å². The molecular formula is C11H24N2O2S. The second kappa shape index (κ2) is 4.63. The normalized spacial score (nSPS) is 29.3. The molecule has 2 N–H and O–H groups in total. The molecule has 0 amide bonds. The minimum atomic E-state index is -3.01. The highest BCUT2D eigenvalue weighted by molar-refractivity contribution is 7.92. The van der Waals surface area contributed by atoms with Crippen molar-refractivity contribution in [1.29, 1.82) is 0 Å². The van der Waals surface area contributed by atoms with E-state index in [-0.39, 0.29) is 6.04 Å². The Morgan fingerprint density at radius 3 is 2.44 bits per heavy atom. The lowest BCUT2D eigenvalue weighted by Crippen LogP contribution is -2.52. The lowest BCUT2D eigenvalue weighted by molar-refractivity contribution is 0.137. The van der Waals surface area contributed by atoms with Gasteiger partial charge in [-0.1, -0.05) is 0 Å². The summed E-state index contributed by atoms with van der Waals surface area (Å²) >= 11 is 0. The topological polar surface area (TPSA) is 63.4 Å². The van der Waals surface area contributed by atoms with E-state index in [0.717, 1.165) is 19.4 Å². The van der Waals surface area contributed by atoms with Crippen molar-refractivity contribution in [2.45, 2.75) is 50.4 Å². The Kier molecular flexibility index (Phi) is 4.03. The van der Waals surface area contributed by atoms with E-state index < -0.39 is 14.6 Å². The van der Waals surface area contributed by atoms with Crippen molar-refractivity contribution in [3.8, 4) is 0 Å². The molecule has 96 valence electrons. The lowest BCUT2D eigenvalue weighted by Gasteiger charge is -2.40.